The third-order valence-electron chi connectivity index (χ3n) is 6.69. The number of benzene rings is 2. The van der Waals surface area contributed by atoms with Crippen LogP contribution >= 0.6 is 11.3 Å². The fourth-order valence-electron chi connectivity index (χ4n) is 4.75. The number of aromatic amines is 1. The molecule has 0 fully saturated rings. The van der Waals surface area contributed by atoms with E-state index in [1.165, 1.54) is 28.9 Å². The number of aromatic nitrogens is 2. The Morgan fingerprint density at radius 2 is 2.03 bits per heavy atom. The fourth-order valence-corrected chi connectivity index (χ4v) is 7.35. The number of carbonyl (C=O) groups excluding carboxylic acids is 1. The number of H-pyrrole nitrogens is 1. The maximum atomic E-state index is 13.7. The first-order valence-corrected chi connectivity index (χ1v) is 14.5. The zero-order chi connectivity index (χ0) is 27.0. The molecule has 0 spiro atoms. The number of thiophene rings is 1. The molecule has 0 saturated heterocycles. The van der Waals surface area contributed by atoms with Gasteiger partial charge in [-0.3, -0.25) is 9.59 Å². The number of ketones is 1. The van der Waals surface area contributed by atoms with E-state index in [9.17, 15) is 23.1 Å². The number of rotatable bonds is 8. The van der Waals surface area contributed by atoms with Gasteiger partial charge < -0.3 is 14.8 Å². The van der Waals surface area contributed by atoms with E-state index >= 15 is 0 Å². The van der Waals surface area contributed by atoms with Crippen molar-refractivity contribution in [1.29, 1.82) is 0 Å². The Hall–Kier alpha value is -3.54. The number of carboxylic acids is 1. The summed E-state index contributed by atoms with van der Waals surface area (Å²) < 4.78 is 34.9. The first-order valence-electron chi connectivity index (χ1n) is 12.2. The lowest BCUT2D eigenvalue weighted by molar-refractivity contribution is -0.137. The Balaban J connectivity index is 1.60. The highest BCUT2D eigenvalue weighted by molar-refractivity contribution is 7.89. The van der Waals surface area contributed by atoms with Gasteiger partial charge in [0.25, 0.3) is 0 Å². The molecule has 0 amide bonds. The molecular weight excluding hydrogens is 526 g/mol. The van der Waals surface area contributed by atoms with Gasteiger partial charge in [0, 0.05) is 17.3 Å². The summed E-state index contributed by atoms with van der Waals surface area (Å²) in [7, 11) is -3.88. The number of fused-ring (bicyclic) bond motifs is 2. The van der Waals surface area contributed by atoms with E-state index in [-0.39, 0.29) is 36.3 Å². The molecule has 2 N–H and O–H groups in total. The number of aliphatic carboxylic acids is 1. The molecule has 4 aromatic rings. The van der Waals surface area contributed by atoms with Gasteiger partial charge in [-0.05, 0) is 54.8 Å². The number of hydrogen-bond acceptors (Lipinski definition) is 7. The summed E-state index contributed by atoms with van der Waals surface area (Å²) in [6.45, 7) is 3.62. The predicted molar refractivity (Wildman–Crippen MR) is 143 cm³/mol. The van der Waals surface area contributed by atoms with Crippen molar-refractivity contribution in [3.63, 3.8) is 0 Å². The largest absolute Gasteiger partial charge is 0.488 e. The van der Waals surface area contributed by atoms with Gasteiger partial charge >= 0.3 is 5.97 Å². The number of nitrogens with one attached hydrogen (secondary N) is 1. The lowest BCUT2D eigenvalue weighted by Crippen LogP contribution is -2.36. The van der Waals surface area contributed by atoms with Crippen molar-refractivity contribution in [2.24, 2.45) is 0 Å². The molecular formula is C27H27N3O6S2. The van der Waals surface area contributed by atoms with E-state index in [0.717, 1.165) is 4.88 Å². The average molecular weight is 554 g/mol. The van der Waals surface area contributed by atoms with Crippen molar-refractivity contribution < 1.29 is 27.9 Å². The van der Waals surface area contributed by atoms with Crippen LogP contribution in [0, 0.1) is 0 Å². The van der Waals surface area contributed by atoms with E-state index in [4.69, 9.17) is 4.74 Å². The molecule has 1 unspecified atom stereocenters. The van der Waals surface area contributed by atoms with Crippen LogP contribution in [-0.4, -0.2) is 52.2 Å². The van der Waals surface area contributed by atoms with E-state index in [1.54, 1.807) is 36.4 Å². The number of nitrogens with zero attached hydrogens (tertiary/aromatic N) is 2. The van der Waals surface area contributed by atoms with Crippen molar-refractivity contribution in [2.75, 3.05) is 6.54 Å². The van der Waals surface area contributed by atoms with Crippen LogP contribution in [0.5, 0.6) is 5.75 Å². The molecule has 3 heterocycles. The molecule has 2 aromatic carbocycles. The maximum absolute atomic E-state index is 13.7. The Labute approximate surface area is 224 Å². The zero-order valence-corrected chi connectivity index (χ0v) is 22.5. The van der Waals surface area contributed by atoms with Crippen LogP contribution in [0.15, 0.2) is 59.8 Å². The van der Waals surface area contributed by atoms with Crippen molar-refractivity contribution in [3.8, 4) is 5.75 Å². The predicted octanol–water partition coefficient (Wildman–Crippen LogP) is 4.80. The van der Waals surface area contributed by atoms with Crippen LogP contribution in [-0.2, 0) is 21.4 Å². The standard InChI is InChI=1S/C27H27N3O6S2/c1-3-19-14-30(38(34,35)25-7-5-4-6-22(25)36-19)13-18-10-17(11-21-27(18)29-15-28-21)20(12-26(32)33)24-9-8-23(37-24)16(2)31/h4-11,15,19-20H,3,12-14H2,1-2H3,(H,28,29)(H,32,33)/t19-,20?/m1/s1. The molecule has 1 aliphatic heterocycles. The van der Waals surface area contributed by atoms with Gasteiger partial charge in [-0.2, -0.15) is 4.31 Å². The van der Waals surface area contributed by atoms with Gasteiger partial charge in [0.1, 0.15) is 16.7 Å². The number of Topliss-reactive ketones (excluding diaryl/α,β-unsaturated/α-hetero) is 1. The number of imidazole rings is 1. The van der Waals surface area contributed by atoms with Crippen molar-refractivity contribution >= 4 is 44.1 Å². The fraction of sp³-hybridized carbons (Fsp3) is 0.296. The van der Waals surface area contributed by atoms with Gasteiger partial charge in [-0.25, -0.2) is 13.4 Å². The molecule has 11 heteroatoms. The normalized spacial score (nSPS) is 17.9. The van der Waals surface area contributed by atoms with Crippen LogP contribution in [0.3, 0.4) is 0 Å². The summed E-state index contributed by atoms with van der Waals surface area (Å²) in [5.41, 5.74) is 2.63. The van der Waals surface area contributed by atoms with E-state index in [0.29, 0.717) is 39.2 Å². The second-order valence-corrected chi connectivity index (χ2v) is 12.3. The summed E-state index contributed by atoms with van der Waals surface area (Å²) in [4.78, 5) is 32.7. The molecule has 38 heavy (non-hydrogen) atoms. The second-order valence-electron chi connectivity index (χ2n) is 9.28. The number of hydrogen-bond donors (Lipinski definition) is 2. The van der Waals surface area contributed by atoms with E-state index in [1.807, 2.05) is 19.1 Å². The minimum atomic E-state index is -3.88. The third-order valence-corrected chi connectivity index (χ3v) is 9.84. The highest BCUT2D eigenvalue weighted by Gasteiger charge is 2.35. The van der Waals surface area contributed by atoms with Gasteiger partial charge in [0.2, 0.25) is 10.0 Å². The molecule has 198 valence electrons. The van der Waals surface area contributed by atoms with Gasteiger partial charge in [-0.1, -0.05) is 25.1 Å². The Morgan fingerprint density at radius 3 is 2.74 bits per heavy atom. The van der Waals surface area contributed by atoms with Crippen molar-refractivity contribution in [2.45, 2.75) is 50.2 Å². The minimum Gasteiger partial charge on any atom is -0.488 e. The highest BCUT2D eigenvalue weighted by Crippen LogP contribution is 2.37. The maximum Gasteiger partial charge on any atom is 0.304 e. The monoisotopic (exact) mass is 553 g/mol. The van der Waals surface area contributed by atoms with E-state index < -0.39 is 21.9 Å². The molecule has 2 aromatic heterocycles. The van der Waals surface area contributed by atoms with Crippen LogP contribution in [0.25, 0.3) is 11.0 Å². The van der Waals surface area contributed by atoms with Crippen LogP contribution in [0.2, 0.25) is 0 Å². The lowest BCUT2D eigenvalue weighted by Gasteiger charge is -2.23. The molecule has 9 nitrogen and oxygen atoms in total. The minimum absolute atomic E-state index is 0.0364. The van der Waals surface area contributed by atoms with Crippen LogP contribution in [0.4, 0.5) is 0 Å². The highest BCUT2D eigenvalue weighted by atomic mass is 32.2. The Bertz CT molecular complexity index is 1620. The van der Waals surface area contributed by atoms with Gasteiger partial charge in [0.15, 0.2) is 5.78 Å². The Morgan fingerprint density at radius 1 is 1.24 bits per heavy atom. The smallest absolute Gasteiger partial charge is 0.304 e. The molecule has 0 radical (unpaired) electrons. The summed E-state index contributed by atoms with van der Waals surface area (Å²) in [6.07, 6.45) is 1.64. The summed E-state index contributed by atoms with van der Waals surface area (Å²) in [6, 6.07) is 13.8. The number of carboxylic acid groups (broad SMARTS) is 1. The van der Waals surface area contributed by atoms with Crippen LogP contribution < -0.4 is 4.74 Å². The van der Waals surface area contributed by atoms with Crippen molar-refractivity contribution in [1.82, 2.24) is 14.3 Å². The SMILES string of the molecule is CC[C@@H]1CN(Cc2cc(C(CC(=O)O)c3ccc(C(C)=O)s3)cc3[nH]cnc23)S(=O)(=O)c2ccccc2O1. The molecule has 0 bridgehead atoms. The molecule has 0 aliphatic carbocycles. The van der Waals surface area contributed by atoms with Crippen molar-refractivity contribution in [3.05, 3.63) is 75.7 Å². The third kappa shape index (κ3) is 4.96. The number of carbonyl (C=O) groups is 2. The first kappa shape index (κ1) is 26.1. The molecule has 0 saturated carbocycles. The topological polar surface area (TPSA) is 130 Å². The summed E-state index contributed by atoms with van der Waals surface area (Å²) in [5.74, 6) is -1.25. The number of ether oxygens (including phenoxy) is 1. The van der Waals surface area contributed by atoms with Gasteiger partial charge in [-0.15, -0.1) is 11.3 Å². The summed E-state index contributed by atoms with van der Waals surface area (Å²) >= 11 is 1.27. The van der Waals surface area contributed by atoms with E-state index in [2.05, 4.69) is 9.97 Å². The molecule has 5 rings (SSSR count). The lowest BCUT2D eigenvalue weighted by atomic mass is 9.92. The number of sulfonamides is 1. The molecule has 2 atom stereocenters. The number of para-hydroxylation sites is 1. The molecule has 1 aliphatic rings. The average Bonchev–Trinajstić information content (AvgIpc) is 3.54. The first-order chi connectivity index (χ1) is 18.2. The van der Waals surface area contributed by atoms with Gasteiger partial charge in [0.05, 0.1) is 35.2 Å². The second kappa shape index (κ2) is 10.3. The quantitative estimate of drug-likeness (QED) is 0.300. The van der Waals surface area contributed by atoms with Crippen LogP contribution in [0.1, 0.15) is 58.3 Å². The summed E-state index contributed by atoms with van der Waals surface area (Å²) in [5, 5.41) is 9.69. The zero-order valence-electron chi connectivity index (χ0n) is 20.9. The Kier molecular flexibility index (Phi) is 7.08.